The van der Waals surface area contributed by atoms with E-state index in [1.807, 2.05) is 0 Å². The fourth-order valence-electron chi connectivity index (χ4n) is 2.10. The van der Waals surface area contributed by atoms with E-state index >= 15 is 0 Å². The molecule has 15 heavy (non-hydrogen) atoms. The van der Waals surface area contributed by atoms with Gasteiger partial charge < -0.3 is 10.5 Å². The average Bonchev–Trinajstić information content (AvgIpc) is 2.30. The van der Waals surface area contributed by atoms with Crippen LogP contribution in [0, 0.1) is 0 Å². The van der Waals surface area contributed by atoms with E-state index in [1.54, 1.807) is 19.4 Å². The Balaban J connectivity index is 2.26. The molecule has 4 heteroatoms. The largest absolute Gasteiger partial charge is 0.481 e. The molecule has 0 aliphatic heterocycles. The van der Waals surface area contributed by atoms with Gasteiger partial charge in [0.25, 0.3) is 0 Å². The molecule has 0 atom stereocenters. The summed E-state index contributed by atoms with van der Waals surface area (Å²) >= 11 is 0. The molecular weight excluding hydrogens is 190 g/mol. The Bertz CT molecular complexity index is 334. The van der Waals surface area contributed by atoms with E-state index in [1.165, 1.54) is 6.42 Å². The summed E-state index contributed by atoms with van der Waals surface area (Å²) < 4.78 is 5.08. The van der Waals surface area contributed by atoms with Gasteiger partial charge in [0.1, 0.15) is 0 Å². The molecule has 1 aromatic heterocycles. The van der Waals surface area contributed by atoms with E-state index in [0.717, 1.165) is 31.5 Å². The molecule has 1 fully saturated rings. The van der Waals surface area contributed by atoms with Gasteiger partial charge in [0, 0.05) is 12.3 Å². The number of aromatic nitrogens is 2. The maximum atomic E-state index is 6.32. The predicted octanol–water partition coefficient (Wildman–Crippen LogP) is 1.60. The molecule has 0 aromatic carbocycles. The molecule has 1 aliphatic carbocycles. The second-order valence-electron chi connectivity index (χ2n) is 4.14. The van der Waals surface area contributed by atoms with Crippen LogP contribution in [-0.4, -0.2) is 17.1 Å². The van der Waals surface area contributed by atoms with Crippen molar-refractivity contribution in [2.24, 2.45) is 5.73 Å². The summed E-state index contributed by atoms with van der Waals surface area (Å²) in [6.07, 6.45) is 7.25. The number of rotatable bonds is 2. The minimum atomic E-state index is -0.340. The minimum Gasteiger partial charge on any atom is -0.481 e. The van der Waals surface area contributed by atoms with Gasteiger partial charge in [0.15, 0.2) is 5.82 Å². The minimum absolute atomic E-state index is 0.340. The molecule has 82 valence electrons. The predicted molar refractivity (Wildman–Crippen MR) is 57.5 cm³/mol. The second-order valence-corrected chi connectivity index (χ2v) is 4.14. The van der Waals surface area contributed by atoms with Crippen LogP contribution in [0.5, 0.6) is 5.88 Å². The second kappa shape index (κ2) is 4.14. The first-order valence-electron chi connectivity index (χ1n) is 5.41. The van der Waals surface area contributed by atoms with Gasteiger partial charge in [-0.15, -0.1) is 0 Å². The van der Waals surface area contributed by atoms with Crippen LogP contribution in [0.25, 0.3) is 0 Å². The van der Waals surface area contributed by atoms with Crippen molar-refractivity contribution in [3.05, 3.63) is 18.1 Å². The summed E-state index contributed by atoms with van der Waals surface area (Å²) in [6, 6.07) is 1.75. The van der Waals surface area contributed by atoms with E-state index in [4.69, 9.17) is 10.5 Å². The smallest absolute Gasteiger partial charge is 0.216 e. The molecule has 1 saturated carbocycles. The lowest BCUT2D eigenvalue weighted by molar-refractivity contribution is 0.282. The number of nitrogens with zero attached hydrogens (tertiary/aromatic N) is 2. The number of ether oxygens (including phenoxy) is 1. The number of hydrogen-bond donors (Lipinski definition) is 1. The zero-order valence-corrected chi connectivity index (χ0v) is 9.07. The van der Waals surface area contributed by atoms with Crippen molar-refractivity contribution in [1.29, 1.82) is 0 Å². The highest BCUT2D eigenvalue weighted by Crippen LogP contribution is 2.33. The van der Waals surface area contributed by atoms with Gasteiger partial charge in [-0.3, -0.25) is 0 Å². The Hall–Kier alpha value is -1.16. The third-order valence-electron chi connectivity index (χ3n) is 3.03. The summed E-state index contributed by atoms with van der Waals surface area (Å²) in [5, 5.41) is 0. The van der Waals surface area contributed by atoms with E-state index in [9.17, 15) is 0 Å². The maximum absolute atomic E-state index is 6.32. The Labute approximate surface area is 89.9 Å². The molecule has 1 aromatic rings. The molecule has 2 rings (SSSR count). The van der Waals surface area contributed by atoms with E-state index in [2.05, 4.69) is 9.97 Å². The molecule has 0 amide bonds. The molecule has 1 aliphatic rings. The van der Waals surface area contributed by atoms with Crippen LogP contribution in [0.3, 0.4) is 0 Å². The van der Waals surface area contributed by atoms with Crippen LogP contribution >= 0.6 is 0 Å². The van der Waals surface area contributed by atoms with Crippen molar-refractivity contribution in [2.45, 2.75) is 37.6 Å². The zero-order chi connectivity index (χ0) is 10.7. The summed E-state index contributed by atoms with van der Waals surface area (Å²) in [4.78, 5) is 8.59. The molecule has 0 bridgehead atoms. The first-order valence-corrected chi connectivity index (χ1v) is 5.41. The topological polar surface area (TPSA) is 61.0 Å². The monoisotopic (exact) mass is 207 g/mol. The highest BCUT2D eigenvalue weighted by molar-refractivity contribution is 5.14. The SMILES string of the molecule is COc1ccnc(C2(N)CCCCC2)n1. The van der Waals surface area contributed by atoms with Gasteiger partial charge in [0.2, 0.25) is 5.88 Å². The Morgan fingerprint density at radius 1 is 1.33 bits per heavy atom. The lowest BCUT2D eigenvalue weighted by atomic mass is 9.82. The van der Waals surface area contributed by atoms with Crippen molar-refractivity contribution in [1.82, 2.24) is 9.97 Å². The van der Waals surface area contributed by atoms with Crippen LogP contribution in [0.4, 0.5) is 0 Å². The summed E-state index contributed by atoms with van der Waals surface area (Å²) in [6.45, 7) is 0. The molecule has 1 heterocycles. The number of hydrogen-bond acceptors (Lipinski definition) is 4. The highest BCUT2D eigenvalue weighted by Gasteiger charge is 2.32. The Morgan fingerprint density at radius 3 is 2.73 bits per heavy atom. The third-order valence-corrected chi connectivity index (χ3v) is 3.03. The Kier molecular flexibility index (Phi) is 2.86. The maximum Gasteiger partial charge on any atom is 0.216 e. The highest BCUT2D eigenvalue weighted by atomic mass is 16.5. The van der Waals surface area contributed by atoms with Crippen LogP contribution in [0.15, 0.2) is 12.3 Å². The van der Waals surface area contributed by atoms with Crippen molar-refractivity contribution in [2.75, 3.05) is 7.11 Å². The van der Waals surface area contributed by atoms with Crippen LogP contribution in [0.2, 0.25) is 0 Å². The van der Waals surface area contributed by atoms with Gasteiger partial charge in [-0.1, -0.05) is 19.3 Å². The normalized spacial score (nSPS) is 19.9. The summed E-state index contributed by atoms with van der Waals surface area (Å²) in [7, 11) is 1.61. The van der Waals surface area contributed by atoms with Gasteiger partial charge in [-0.05, 0) is 12.8 Å². The molecule has 0 spiro atoms. The molecule has 0 saturated heterocycles. The van der Waals surface area contributed by atoms with Crippen molar-refractivity contribution < 1.29 is 4.74 Å². The Morgan fingerprint density at radius 2 is 2.07 bits per heavy atom. The third kappa shape index (κ3) is 2.09. The standard InChI is InChI=1S/C11H17N3O/c1-15-9-5-8-13-10(14-9)11(12)6-3-2-4-7-11/h5,8H,2-4,6-7,12H2,1H3. The van der Waals surface area contributed by atoms with Crippen LogP contribution < -0.4 is 10.5 Å². The van der Waals surface area contributed by atoms with E-state index in [-0.39, 0.29) is 5.54 Å². The van der Waals surface area contributed by atoms with Crippen molar-refractivity contribution >= 4 is 0 Å². The van der Waals surface area contributed by atoms with Gasteiger partial charge in [-0.2, -0.15) is 4.98 Å². The fraction of sp³-hybridized carbons (Fsp3) is 0.636. The molecule has 4 nitrogen and oxygen atoms in total. The summed E-state index contributed by atoms with van der Waals surface area (Å²) in [5.74, 6) is 1.32. The van der Waals surface area contributed by atoms with Crippen molar-refractivity contribution in [3.63, 3.8) is 0 Å². The van der Waals surface area contributed by atoms with Crippen LogP contribution in [-0.2, 0) is 5.54 Å². The first kappa shape index (κ1) is 10.4. The summed E-state index contributed by atoms with van der Waals surface area (Å²) in [5.41, 5.74) is 5.98. The fourth-order valence-corrected chi connectivity index (χ4v) is 2.10. The van der Waals surface area contributed by atoms with Gasteiger partial charge in [-0.25, -0.2) is 4.98 Å². The number of nitrogens with two attached hydrogens (primary N) is 1. The first-order chi connectivity index (χ1) is 7.24. The number of methoxy groups -OCH3 is 1. The van der Waals surface area contributed by atoms with Crippen LogP contribution in [0.1, 0.15) is 37.9 Å². The molecule has 0 radical (unpaired) electrons. The van der Waals surface area contributed by atoms with Gasteiger partial charge in [0.05, 0.1) is 12.6 Å². The molecule has 2 N–H and O–H groups in total. The zero-order valence-electron chi connectivity index (χ0n) is 9.07. The van der Waals surface area contributed by atoms with Crippen molar-refractivity contribution in [3.8, 4) is 5.88 Å². The lowest BCUT2D eigenvalue weighted by Crippen LogP contribution is -2.40. The quantitative estimate of drug-likeness (QED) is 0.800. The molecular formula is C11H17N3O. The average molecular weight is 207 g/mol. The van der Waals surface area contributed by atoms with Gasteiger partial charge >= 0.3 is 0 Å². The van der Waals surface area contributed by atoms with E-state index < -0.39 is 0 Å². The molecule has 0 unspecified atom stereocenters. The van der Waals surface area contributed by atoms with E-state index in [0.29, 0.717) is 5.88 Å². The lowest BCUT2D eigenvalue weighted by Gasteiger charge is -2.31.